The minimum Gasteiger partial charge on any atom is -0.353 e. The van der Waals surface area contributed by atoms with Crippen LogP contribution in [0, 0.1) is 11.8 Å². The molecule has 2 amide bonds. The van der Waals surface area contributed by atoms with Crippen molar-refractivity contribution in [2.75, 3.05) is 13.6 Å². The summed E-state index contributed by atoms with van der Waals surface area (Å²) < 4.78 is 0. The fourth-order valence-electron chi connectivity index (χ4n) is 3.66. The van der Waals surface area contributed by atoms with Gasteiger partial charge in [0.15, 0.2) is 0 Å². The quantitative estimate of drug-likeness (QED) is 0.811. The maximum absolute atomic E-state index is 12.4. The lowest BCUT2D eigenvalue weighted by molar-refractivity contribution is -0.137. The molecule has 2 aliphatic rings. The highest BCUT2D eigenvalue weighted by atomic mass is 16.2. The van der Waals surface area contributed by atoms with Crippen LogP contribution in [0.15, 0.2) is 0 Å². The Morgan fingerprint density at radius 1 is 1.09 bits per heavy atom. The first-order valence-corrected chi connectivity index (χ1v) is 8.80. The van der Waals surface area contributed by atoms with Gasteiger partial charge in [0.25, 0.3) is 0 Å². The van der Waals surface area contributed by atoms with Crippen LogP contribution in [0.1, 0.15) is 58.3 Å². The third-order valence-electron chi connectivity index (χ3n) is 5.50. The van der Waals surface area contributed by atoms with E-state index in [9.17, 15) is 9.59 Å². The molecule has 22 heavy (non-hydrogen) atoms. The molecule has 5 nitrogen and oxygen atoms in total. The van der Waals surface area contributed by atoms with Gasteiger partial charge in [-0.15, -0.1) is 0 Å². The summed E-state index contributed by atoms with van der Waals surface area (Å²) in [6.07, 6.45) is 8.03. The van der Waals surface area contributed by atoms with Crippen LogP contribution >= 0.6 is 0 Å². The van der Waals surface area contributed by atoms with E-state index in [4.69, 9.17) is 5.73 Å². The molecule has 2 fully saturated rings. The highest BCUT2D eigenvalue weighted by Crippen LogP contribution is 2.28. The smallest absolute Gasteiger partial charge is 0.225 e. The second-order valence-electron chi connectivity index (χ2n) is 7.07. The van der Waals surface area contributed by atoms with Crippen LogP contribution in [-0.4, -0.2) is 42.4 Å². The molecule has 0 aliphatic heterocycles. The van der Waals surface area contributed by atoms with Gasteiger partial charge < -0.3 is 16.0 Å². The third-order valence-corrected chi connectivity index (χ3v) is 5.50. The molecule has 0 saturated heterocycles. The zero-order chi connectivity index (χ0) is 16.1. The van der Waals surface area contributed by atoms with Crippen LogP contribution in [0.25, 0.3) is 0 Å². The highest BCUT2D eigenvalue weighted by molar-refractivity contribution is 5.80. The molecule has 5 heteroatoms. The molecule has 0 bridgehead atoms. The van der Waals surface area contributed by atoms with Crippen molar-refractivity contribution in [2.24, 2.45) is 17.6 Å². The van der Waals surface area contributed by atoms with Gasteiger partial charge in [0.2, 0.25) is 11.8 Å². The zero-order valence-corrected chi connectivity index (χ0v) is 14.0. The molecule has 0 heterocycles. The van der Waals surface area contributed by atoms with Gasteiger partial charge in [0.1, 0.15) is 0 Å². The van der Waals surface area contributed by atoms with Crippen molar-refractivity contribution in [1.29, 1.82) is 0 Å². The van der Waals surface area contributed by atoms with E-state index in [1.807, 2.05) is 14.0 Å². The Morgan fingerprint density at radius 3 is 2.23 bits per heavy atom. The monoisotopic (exact) mass is 309 g/mol. The van der Waals surface area contributed by atoms with Gasteiger partial charge in [-0.3, -0.25) is 9.59 Å². The second-order valence-corrected chi connectivity index (χ2v) is 7.07. The minimum atomic E-state index is 0.0901. The minimum absolute atomic E-state index is 0.0901. The van der Waals surface area contributed by atoms with Crippen molar-refractivity contribution in [1.82, 2.24) is 10.2 Å². The molecule has 1 unspecified atom stereocenters. The maximum atomic E-state index is 12.4. The number of rotatable bonds is 5. The van der Waals surface area contributed by atoms with Crippen molar-refractivity contribution in [3.8, 4) is 0 Å². The third kappa shape index (κ3) is 4.22. The SMILES string of the molecule is CC(CN)N(C)C(=O)C1CCC(NC(=O)C2CCCC2)CC1. The summed E-state index contributed by atoms with van der Waals surface area (Å²) in [6, 6.07) is 0.349. The molecule has 3 N–H and O–H groups in total. The van der Waals surface area contributed by atoms with Crippen molar-refractivity contribution >= 4 is 11.8 Å². The van der Waals surface area contributed by atoms with Crippen LogP contribution < -0.4 is 11.1 Å². The van der Waals surface area contributed by atoms with Gasteiger partial charge in [-0.25, -0.2) is 0 Å². The summed E-state index contributed by atoms with van der Waals surface area (Å²) in [5.74, 6) is 0.772. The number of hydrogen-bond donors (Lipinski definition) is 2. The van der Waals surface area contributed by atoms with Gasteiger partial charge >= 0.3 is 0 Å². The average Bonchev–Trinajstić information content (AvgIpc) is 3.08. The normalized spacial score (nSPS) is 27.4. The Bertz CT molecular complexity index is 385. The highest BCUT2D eigenvalue weighted by Gasteiger charge is 2.31. The average molecular weight is 309 g/mol. The van der Waals surface area contributed by atoms with E-state index in [0.717, 1.165) is 38.5 Å². The molecule has 0 radical (unpaired) electrons. The maximum Gasteiger partial charge on any atom is 0.225 e. The first kappa shape index (κ1) is 17.3. The number of nitrogens with one attached hydrogen (secondary N) is 1. The number of hydrogen-bond acceptors (Lipinski definition) is 3. The number of amides is 2. The van der Waals surface area contributed by atoms with E-state index in [2.05, 4.69) is 5.32 Å². The fraction of sp³-hybridized carbons (Fsp3) is 0.882. The van der Waals surface area contributed by atoms with Crippen molar-refractivity contribution in [3.63, 3.8) is 0 Å². The van der Waals surface area contributed by atoms with E-state index in [1.54, 1.807) is 4.90 Å². The molecular weight excluding hydrogens is 278 g/mol. The van der Waals surface area contributed by atoms with Crippen LogP contribution in [0.3, 0.4) is 0 Å². The van der Waals surface area contributed by atoms with Crippen LogP contribution in [-0.2, 0) is 9.59 Å². The number of carbonyl (C=O) groups excluding carboxylic acids is 2. The summed E-state index contributed by atoms with van der Waals surface area (Å²) in [7, 11) is 1.84. The molecule has 0 aromatic rings. The van der Waals surface area contributed by atoms with Gasteiger partial charge in [-0.05, 0) is 45.4 Å². The molecule has 2 saturated carbocycles. The predicted molar refractivity (Wildman–Crippen MR) is 87.1 cm³/mol. The predicted octanol–water partition coefficient (Wildman–Crippen LogP) is 1.66. The largest absolute Gasteiger partial charge is 0.353 e. The molecular formula is C17H31N3O2. The second kappa shape index (κ2) is 7.95. The van der Waals surface area contributed by atoms with E-state index in [-0.39, 0.29) is 35.7 Å². The topological polar surface area (TPSA) is 75.4 Å². The summed E-state index contributed by atoms with van der Waals surface area (Å²) >= 11 is 0. The summed E-state index contributed by atoms with van der Waals surface area (Å²) in [5, 5.41) is 3.20. The first-order valence-electron chi connectivity index (χ1n) is 8.80. The Labute approximate surface area is 134 Å². The summed E-state index contributed by atoms with van der Waals surface area (Å²) in [6.45, 7) is 2.47. The standard InChI is InChI=1S/C17H31N3O2/c1-12(11-18)20(2)17(22)14-7-9-15(10-8-14)19-16(21)13-5-3-4-6-13/h12-15H,3-11,18H2,1-2H3,(H,19,21). The zero-order valence-electron chi connectivity index (χ0n) is 14.0. The Balaban J connectivity index is 1.75. The van der Waals surface area contributed by atoms with E-state index in [0.29, 0.717) is 6.54 Å². The lowest BCUT2D eigenvalue weighted by Crippen LogP contribution is -2.46. The van der Waals surface area contributed by atoms with Crippen LogP contribution in [0.4, 0.5) is 0 Å². The Hall–Kier alpha value is -1.10. The van der Waals surface area contributed by atoms with Crippen molar-refractivity contribution < 1.29 is 9.59 Å². The Kier molecular flexibility index (Phi) is 6.24. The number of carbonyl (C=O) groups is 2. The summed E-state index contributed by atoms with van der Waals surface area (Å²) in [4.78, 5) is 26.4. The van der Waals surface area contributed by atoms with E-state index < -0.39 is 0 Å². The van der Waals surface area contributed by atoms with Gasteiger partial charge in [-0.1, -0.05) is 12.8 Å². The van der Waals surface area contributed by atoms with Gasteiger partial charge in [0.05, 0.1) is 0 Å². The molecule has 2 rings (SSSR count). The van der Waals surface area contributed by atoms with Crippen LogP contribution in [0.2, 0.25) is 0 Å². The van der Waals surface area contributed by atoms with Gasteiger partial charge in [-0.2, -0.15) is 0 Å². The van der Waals surface area contributed by atoms with Crippen molar-refractivity contribution in [3.05, 3.63) is 0 Å². The number of nitrogens with zero attached hydrogens (tertiary/aromatic N) is 1. The molecule has 126 valence electrons. The molecule has 1 atom stereocenters. The fourth-order valence-corrected chi connectivity index (χ4v) is 3.66. The van der Waals surface area contributed by atoms with E-state index in [1.165, 1.54) is 12.8 Å². The van der Waals surface area contributed by atoms with Gasteiger partial charge in [0, 0.05) is 37.5 Å². The molecule has 0 spiro atoms. The lowest BCUT2D eigenvalue weighted by Gasteiger charge is -2.33. The number of nitrogens with two attached hydrogens (primary N) is 1. The molecule has 2 aliphatic carbocycles. The van der Waals surface area contributed by atoms with E-state index >= 15 is 0 Å². The molecule has 0 aromatic heterocycles. The number of likely N-dealkylation sites (N-methyl/N-ethyl adjacent to an activating group) is 1. The van der Waals surface area contributed by atoms with Crippen molar-refractivity contribution in [2.45, 2.75) is 70.4 Å². The first-order chi connectivity index (χ1) is 10.5. The molecule has 0 aromatic carbocycles. The summed E-state index contributed by atoms with van der Waals surface area (Å²) in [5.41, 5.74) is 5.64. The van der Waals surface area contributed by atoms with Crippen LogP contribution in [0.5, 0.6) is 0 Å². The lowest BCUT2D eigenvalue weighted by atomic mass is 9.84. The Morgan fingerprint density at radius 2 is 1.68 bits per heavy atom.